The van der Waals surface area contributed by atoms with Crippen molar-refractivity contribution in [2.45, 2.75) is 25.7 Å². The highest BCUT2D eigenvalue weighted by Gasteiger charge is 2.04. The molecule has 0 heterocycles. The first-order valence-electron chi connectivity index (χ1n) is 7.47. The van der Waals surface area contributed by atoms with Gasteiger partial charge in [-0.2, -0.15) is 0 Å². The van der Waals surface area contributed by atoms with Gasteiger partial charge in [-0.25, -0.2) is 0 Å². The summed E-state index contributed by atoms with van der Waals surface area (Å²) in [4.78, 5) is 4.68. The smallest absolute Gasteiger partial charge is 0.0351 e. The first-order chi connectivity index (χ1) is 9.78. The fourth-order valence-corrected chi connectivity index (χ4v) is 3.13. The zero-order valence-corrected chi connectivity index (χ0v) is 16.6. The van der Waals surface area contributed by atoms with E-state index in [0.717, 1.165) is 39.3 Å². The maximum atomic E-state index is 5.78. The largest absolute Gasteiger partial charge is 0.301 e. The Bertz CT molecular complexity index is 166. The van der Waals surface area contributed by atoms with Gasteiger partial charge in [-0.3, -0.25) is 0 Å². The molecule has 0 amide bonds. The summed E-state index contributed by atoms with van der Waals surface area (Å²) in [7, 11) is 0. The molecule has 0 radical (unpaired) electrons. The van der Waals surface area contributed by atoms with Crippen LogP contribution in [0.2, 0.25) is 0 Å². The molecule has 0 aliphatic heterocycles. The third-order valence-electron chi connectivity index (χ3n) is 3.30. The van der Waals surface area contributed by atoms with Crippen LogP contribution in [0.25, 0.3) is 0 Å². The third-order valence-corrected chi connectivity index (χ3v) is 3.98. The number of unbranched alkanes of at least 4 members (excludes halogenated alkanes) is 3. The highest BCUT2D eigenvalue weighted by molar-refractivity contribution is 6.18. The van der Waals surface area contributed by atoms with Gasteiger partial charge in [0.2, 0.25) is 0 Å². The summed E-state index contributed by atoms with van der Waals surface area (Å²) in [6.45, 7) is 5.96. The molecule has 0 rings (SSSR count). The van der Waals surface area contributed by atoms with Gasteiger partial charge in [-0.1, -0.05) is 12.8 Å². The van der Waals surface area contributed by atoms with Crippen LogP contribution in [0.5, 0.6) is 0 Å². The molecule has 0 aromatic rings. The van der Waals surface area contributed by atoms with Gasteiger partial charge in [0.25, 0.3) is 0 Å². The molecular weight excluding hydrogens is 373 g/mol. The molecule has 0 saturated carbocycles. The fourth-order valence-electron chi connectivity index (χ4n) is 2.17. The Labute approximate surface area is 156 Å². The van der Waals surface area contributed by atoms with E-state index < -0.39 is 0 Å². The predicted molar refractivity (Wildman–Crippen MR) is 101 cm³/mol. The highest BCUT2D eigenvalue weighted by Crippen LogP contribution is 2.05. The predicted octanol–water partition coefficient (Wildman–Crippen LogP) is 4.53. The molecule has 7 heteroatoms. The first kappa shape index (κ1) is 24.6. The standard InChI is InChI=1S/C14H28Cl4N2.ClH/c15-5-11-19(12-6-16)9-3-1-2-4-10-20(13-7-17)14-8-18;/h1-14H2;1H. The van der Waals surface area contributed by atoms with Crippen molar-refractivity contribution in [3.8, 4) is 0 Å². The molecule has 0 saturated heterocycles. The second-order valence-electron chi connectivity index (χ2n) is 4.85. The Hall–Kier alpha value is 1.37. The van der Waals surface area contributed by atoms with E-state index in [1.165, 1.54) is 25.7 Å². The molecule has 0 aliphatic carbocycles. The first-order valence-corrected chi connectivity index (χ1v) is 9.60. The second kappa shape index (κ2) is 19.4. The van der Waals surface area contributed by atoms with Crippen LogP contribution in [0.1, 0.15) is 25.7 Å². The summed E-state index contributed by atoms with van der Waals surface area (Å²) in [5, 5.41) is 0. The second-order valence-corrected chi connectivity index (χ2v) is 6.37. The van der Waals surface area contributed by atoms with E-state index in [2.05, 4.69) is 9.80 Å². The van der Waals surface area contributed by atoms with Crippen molar-refractivity contribution in [3.63, 3.8) is 0 Å². The summed E-state index contributed by atoms with van der Waals surface area (Å²) in [5.74, 6) is 2.73. The molecule has 0 bridgehead atoms. The van der Waals surface area contributed by atoms with Crippen LogP contribution in [0.3, 0.4) is 0 Å². The van der Waals surface area contributed by atoms with Crippen LogP contribution in [0.4, 0.5) is 0 Å². The van der Waals surface area contributed by atoms with Crippen molar-refractivity contribution in [2.75, 3.05) is 62.8 Å². The molecule has 0 aliphatic rings. The summed E-state index contributed by atoms with van der Waals surface area (Å²) in [6, 6.07) is 0. The lowest BCUT2D eigenvalue weighted by Crippen LogP contribution is -2.29. The molecule has 130 valence electrons. The molecule has 0 aromatic carbocycles. The van der Waals surface area contributed by atoms with Gasteiger partial charge in [-0.15, -0.1) is 58.8 Å². The lowest BCUT2D eigenvalue weighted by Gasteiger charge is -2.21. The van der Waals surface area contributed by atoms with Gasteiger partial charge in [0.15, 0.2) is 0 Å². The van der Waals surface area contributed by atoms with E-state index in [1.807, 2.05) is 0 Å². The third kappa shape index (κ3) is 16.0. The average Bonchev–Trinajstić information content (AvgIpc) is 2.43. The minimum absolute atomic E-state index is 0. The Morgan fingerprint density at radius 3 is 0.952 bits per heavy atom. The quantitative estimate of drug-likeness (QED) is 0.293. The Kier molecular flexibility index (Phi) is 22.8. The SMILES string of the molecule is Cl.ClCCN(CCCl)CCCCCCN(CCCl)CCCl. The highest BCUT2D eigenvalue weighted by atomic mass is 35.5. The molecule has 0 unspecified atom stereocenters. The van der Waals surface area contributed by atoms with Crippen molar-refractivity contribution in [3.05, 3.63) is 0 Å². The molecular formula is C14H29Cl5N2. The van der Waals surface area contributed by atoms with Crippen LogP contribution < -0.4 is 0 Å². The lowest BCUT2D eigenvalue weighted by molar-refractivity contribution is 0.285. The van der Waals surface area contributed by atoms with Gasteiger partial charge < -0.3 is 9.80 Å². The Balaban J connectivity index is 0. The van der Waals surface area contributed by atoms with E-state index in [9.17, 15) is 0 Å². The van der Waals surface area contributed by atoms with Gasteiger partial charge >= 0.3 is 0 Å². The van der Waals surface area contributed by atoms with Crippen LogP contribution >= 0.6 is 58.8 Å². The number of hydrogen-bond donors (Lipinski definition) is 0. The maximum Gasteiger partial charge on any atom is 0.0351 e. The minimum atomic E-state index is 0. The van der Waals surface area contributed by atoms with E-state index in [0.29, 0.717) is 23.5 Å². The van der Waals surface area contributed by atoms with E-state index in [-0.39, 0.29) is 12.4 Å². The number of hydrogen-bond acceptors (Lipinski definition) is 2. The summed E-state index contributed by atoms with van der Waals surface area (Å²) in [5.41, 5.74) is 0. The van der Waals surface area contributed by atoms with Crippen molar-refractivity contribution >= 4 is 58.8 Å². The topological polar surface area (TPSA) is 6.48 Å². The van der Waals surface area contributed by atoms with Crippen LogP contribution in [-0.2, 0) is 0 Å². The number of nitrogens with zero attached hydrogens (tertiary/aromatic N) is 2. The van der Waals surface area contributed by atoms with Crippen LogP contribution in [-0.4, -0.2) is 72.6 Å². The molecule has 0 N–H and O–H groups in total. The molecule has 21 heavy (non-hydrogen) atoms. The summed E-state index contributed by atoms with van der Waals surface area (Å²) >= 11 is 23.1. The van der Waals surface area contributed by atoms with Gasteiger partial charge in [0.1, 0.15) is 0 Å². The molecule has 0 aromatic heterocycles. The van der Waals surface area contributed by atoms with Gasteiger partial charge in [0.05, 0.1) is 0 Å². The monoisotopic (exact) mass is 400 g/mol. The van der Waals surface area contributed by atoms with Gasteiger partial charge in [0, 0.05) is 49.7 Å². The zero-order valence-electron chi connectivity index (χ0n) is 12.7. The number of halogens is 5. The molecule has 0 atom stereocenters. The van der Waals surface area contributed by atoms with Gasteiger partial charge in [-0.05, 0) is 25.9 Å². The molecule has 0 fully saturated rings. The minimum Gasteiger partial charge on any atom is -0.301 e. The van der Waals surface area contributed by atoms with E-state index in [4.69, 9.17) is 46.4 Å². The zero-order chi connectivity index (χ0) is 15.1. The molecule has 0 spiro atoms. The number of rotatable bonds is 15. The van der Waals surface area contributed by atoms with Crippen molar-refractivity contribution in [1.82, 2.24) is 9.80 Å². The Morgan fingerprint density at radius 1 is 0.429 bits per heavy atom. The number of alkyl halides is 4. The summed E-state index contributed by atoms with van der Waals surface area (Å²) in [6.07, 6.45) is 4.96. The van der Waals surface area contributed by atoms with Crippen LogP contribution in [0, 0.1) is 0 Å². The van der Waals surface area contributed by atoms with E-state index in [1.54, 1.807) is 0 Å². The van der Waals surface area contributed by atoms with Crippen molar-refractivity contribution in [2.24, 2.45) is 0 Å². The van der Waals surface area contributed by atoms with E-state index >= 15 is 0 Å². The normalized spacial score (nSPS) is 11.1. The average molecular weight is 403 g/mol. The Morgan fingerprint density at radius 2 is 0.714 bits per heavy atom. The maximum absolute atomic E-state index is 5.78. The fraction of sp³-hybridized carbons (Fsp3) is 1.00. The van der Waals surface area contributed by atoms with Crippen molar-refractivity contribution < 1.29 is 0 Å². The van der Waals surface area contributed by atoms with Crippen molar-refractivity contribution in [1.29, 1.82) is 0 Å². The summed E-state index contributed by atoms with van der Waals surface area (Å²) < 4.78 is 0. The lowest BCUT2D eigenvalue weighted by atomic mass is 10.2. The van der Waals surface area contributed by atoms with Crippen LogP contribution in [0.15, 0.2) is 0 Å². The molecule has 2 nitrogen and oxygen atoms in total.